The summed E-state index contributed by atoms with van der Waals surface area (Å²) in [5, 5.41) is 0. The average molecular weight is 184 g/mol. The molecule has 0 aliphatic rings. The molecule has 0 heterocycles. The molecule has 0 spiro atoms. The summed E-state index contributed by atoms with van der Waals surface area (Å²) in [7, 11) is 1.40. The van der Waals surface area contributed by atoms with Crippen LogP contribution in [0.4, 0.5) is 0 Å². The lowest BCUT2D eigenvalue weighted by Gasteiger charge is -2.24. The second kappa shape index (κ2) is 5.05. The van der Waals surface area contributed by atoms with E-state index in [9.17, 15) is 4.79 Å². The molecule has 0 amide bonds. The van der Waals surface area contributed by atoms with Gasteiger partial charge in [0, 0.05) is 6.08 Å². The van der Waals surface area contributed by atoms with Gasteiger partial charge in [-0.15, -0.1) is 0 Å². The third-order valence-electron chi connectivity index (χ3n) is 2.48. The van der Waals surface area contributed by atoms with Gasteiger partial charge >= 0.3 is 5.97 Å². The molecule has 0 saturated heterocycles. The number of carbonyl (C=O) groups is 1. The smallest absolute Gasteiger partial charge is 0.330 e. The number of hydrogen-bond donors (Lipinski definition) is 0. The molecule has 0 unspecified atom stereocenters. The van der Waals surface area contributed by atoms with Crippen LogP contribution >= 0.6 is 0 Å². The van der Waals surface area contributed by atoms with Crippen LogP contribution in [0.25, 0.3) is 0 Å². The molecule has 0 bridgehead atoms. The minimum Gasteiger partial charge on any atom is -0.466 e. The van der Waals surface area contributed by atoms with Crippen molar-refractivity contribution in [2.24, 2.45) is 5.41 Å². The summed E-state index contributed by atoms with van der Waals surface area (Å²) in [6.07, 6.45) is 3.79. The number of ether oxygens (including phenoxy) is 1. The molecule has 13 heavy (non-hydrogen) atoms. The van der Waals surface area contributed by atoms with Gasteiger partial charge in [-0.3, -0.25) is 0 Å². The lowest BCUT2D eigenvalue weighted by atomic mass is 9.81. The van der Waals surface area contributed by atoms with Gasteiger partial charge < -0.3 is 4.74 Å². The summed E-state index contributed by atoms with van der Waals surface area (Å²) < 4.78 is 4.58. The summed E-state index contributed by atoms with van der Waals surface area (Å²) in [4.78, 5) is 11.0. The van der Waals surface area contributed by atoms with Crippen molar-refractivity contribution in [1.82, 2.24) is 0 Å². The second-order valence-corrected chi connectivity index (χ2v) is 3.98. The van der Waals surface area contributed by atoms with Gasteiger partial charge in [0.2, 0.25) is 0 Å². The first kappa shape index (κ1) is 12.2. The van der Waals surface area contributed by atoms with E-state index in [4.69, 9.17) is 0 Å². The first-order valence-electron chi connectivity index (χ1n) is 4.70. The van der Waals surface area contributed by atoms with Crippen LogP contribution in [-0.2, 0) is 9.53 Å². The minimum absolute atomic E-state index is 0.100. The Hall–Kier alpha value is -0.790. The van der Waals surface area contributed by atoms with Crippen molar-refractivity contribution in [2.75, 3.05) is 7.11 Å². The minimum atomic E-state index is -0.262. The molecule has 0 saturated carbocycles. The standard InChI is InChI=1S/C11H20O2/c1-6-7-11(3,4)9(2)8-10(12)13-5/h8H,6-7H2,1-5H3. The highest BCUT2D eigenvalue weighted by atomic mass is 16.5. The Balaban J connectivity index is 4.46. The molecule has 0 aromatic heterocycles. The van der Waals surface area contributed by atoms with Gasteiger partial charge in [-0.25, -0.2) is 4.79 Å². The highest BCUT2D eigenvalue weighted by Crippen LogP contribution is 2.30. The highest BCUT2D eigenvalue weighted by molar-refractivity contribution is 5.82. The van der Waals surface area contributed by atoms with E-state index in [2.05, 4.69) is 25.5 Å². The molecule has 0 aromatic rings. The predicted molar refractivity (Wildman–Crippen MR) is 54.5 cm³/mol. The summed E-state index contributed by atoms with van der Waals surface area (Å²) in [5.41, 5.74) is 1.18. The lowest BCUT2D eigenvalue weighted by molar-refractivity contribution is -0.134. The van der Waals surface area contributed by atoms with Crippen LogP contribution in [0.1, 0.15) is 40.5 Å². The van der Waals surface area contributed by atoms with Gasteiger partial charge in [-0.05, 0) is 18.8 Å². The number of rotatable bonds is 4. The Morgan fingerprint density at radius 3 is 2.38 bits per heavy atom. The SMILES string of the molecule is CCCC(C)(C)C(C)=CC(=O)OC. The van der Waals surface area contributed by atoms with Crippen molar-refractivity contribution >= 4 is 5.97 Å². The van der Waals surface area contributed by atoms with E-state index in [-0.39, 0.29) is 11.4 Å². The van der Waals surface area contributed by atoms with Crippen molar-refractivity contribution in [3.8, 4) is 0 Å². The maximum absolute atomic E-state index is 11.0. The summed E-state index contributed by atoms with van der Waals surface area (Å²) >= 11 is 0. The molecule has 0 N–H and O–H groups in total. The van der Waals surface area contributed by atoms with Gasteiger partial charge in [0.15, 0.2) is 0 Å². The van der Waals surface area contributed by atoms with Gasteiger partial charge in [0.25, 0.3) is 0 Å². The third kappa shape index (κ3) is 4.11. The molecule has 2 heteroatoms. The summed E-state index contributed by atoms with van der Waals surface area (Å²) in [6, 6.07) is 0. The number of allylic oxidation sites excluding steroid dienone is 1. The van der Waals surface area contributed by atoms with Gasteiger partial charge in [-0.1, -0.05) is 32.8 Å². The first-order valence-corrected chi connectivity index (χ1v) is 4.70. The third-order valence-corrected chi connectivity index (χ3v) is 2.48. The highest BCUT2D eigenvalue weighted by Gasteiger charge is 2.19. The number of hydrogen-bond acceptors (Lipinski definition) is 2. The summed E-state index contributed by atoms with van der Waals surface area (Å²) in [5.74, 6) is -0.262. The van der Waals surface area contributed by atoms with Crippen LogP contribution in [0.15, 0.2) is 11.6 Å². The molecule has 0 aromatic carbocycles. The molecule has 0 aliphatic carbocycles. The first-order chi connectivity index (χ1) is 5.94. The molecule has 0 rings (SSSR count). The fraction of sp³-hybridized carbons (Fsp3) is 0.727. The molecule has 0 atom stereocenters. The molecule has 0 radical (unpaired) electrons. The monoisotopic (exact) mass is 184 g/mol. The van der Waals surface area contributed by atoms with Gasteiger partial charge in [0.05, 0.1) is 7.11 Å². The van der Waals surface area contributed by atoms with E-state index < -0.39 is 0 Å². The van der Waals surface area contributed by atoms with Gasteiger partial charge in [0.1, 0.15) is 0 Å². The maximum Gasteiger partial charge on any atom is 0.330 e. The zero-order chi connectivity index (χ0) is 10.5. The Morgan fingerprint density at radius 2 is 2.00 bits per heavy atom. The molecular formula is C11H20O2. The second-order valence-electron chi connectivity index (χ2n) is 3.98. The predicted octanol–water partition coefficient (Wildman–Crippen LogP) is 2.93. The number of methoxy groups -OCH3 is 1. The number of esters is 1. The van der Waals surface area contributed by atoms with Crippen LogP contribution < -0.4 is 0 Å². The van der Waals surface area contributed by atoms with E-state index in [1.54, 1.807) is 6.08 Å². The van der Waals surface area contributed by atoms with Crippen molar-refractivity contribution in [3.05, 3.63) is 11.6 Å². The van der Waals surface area contributed by atoms with Gasteiger partial charge in [-0.2, -0.15) is 0 Å². The Kier molecular flexibility index (Phi) is 4.74. The average Bonchev–Trinajstić information content (AvgIpc) is 2.04. The zero-order valence-corrected chi connectivity index (χ0v) is 9.31. The fourth-order valence-corrected chi connectivity index (χ4v) is 1.25. The normalized spacial score (nSPS) is 12.8. The maximum atomic E-state index is 11.0. The van der Waals surface area contributed by atoms with Crippen LogP contribution in [0, 0.1) is 5.41 Å². The molecule has 0 aliphatic heterocycles. The molecular weight excluding hydrogens is 164 g/mol. The molecule has 76 valence electrons. The largest absolute Gasteiger partial charge is 0.466 e. The van der Waals surface area contributed by atoms with Crippen molar-refractivity contribution in [3.63, 3.8) is 0 Å². The van der Waals surface area contributed by atoms with E-state index in [0.717, 1.165) is 18.4 Å². The summed E-state index contributed by atoms with van der Waals surface area (Å²) in [6.45, 7) is 8.41. The van der Waals surface area contributed by atoms with Crippen molar-refractivity contribution in [2.45, 2.75) is 40.5 Å². The van der Waals surface area contributed by atoms with Crippen LogP contribution in [0.2, 0.25) is 0 Å². The van der Waals surface area contributed by atoms with E-state index in [1.165, 1.54) is 7.11 Å². The molecule has 2 nitrogen and oxygen atoms in total. The van der Waals surface area contributed by atoms with Crippen LogP contribution in [0.5, 0.6) is 0 Å². The van der Waals surface area contributed by atoms with E-state index >= 15 is 0 Å². The zero-order valence-electron chi connectivity index (χ0n) is 9.31. The van der Waals surface area contributed by atoms with Crippen molar-refractivity contribution < 1.29 is 9.53 Å². The fourth-order valence-electron chi connectivity index (χ4n) is 1.25. The Bertz CT molecular complexity index is 202. The topological polar surface area (TPSA) is 26.3 Å². The van der Waals surface area contributed by atoms with E-state index in [0.29, 0.717) is 0 Å². The van der Waals surface area contributed by atoms with E-state index in [1.807, 2.05) is 6.92 Å². The quantitative estimate of drug-likeness (QED) is 0.496. The van der Waals surface area contributed by atoms with Crippen LogP contribution in [0.3, 0.4) is 0 Å². The number of carbonyl (C=O) groups excluding carboxylic acids is 1. The van der Waals surface area contributed by atoms with Crippen LogP contribution in [-0.4, -0.2) is 13.1 Å². The Morgan fingerprint density at radius 1 is 1.46 bits per heavy atom. The Labute approximate surface area is 81.0 Å². The van der Waals surface area contributed by atoms with Crippen molar-refractivity contribution in [1.29, 1.82) is 0 Å². The molecule has 0 fully saturated rings. The lowest BCUT2D eigenvalue weighted by Crippen LogP contribution is -2.14.